The maximum Gasteiger partial charge on any atom is 0.234 e. The van der Waals surface area contributed by atoms with E-state index in [0.29, 0.717) is 12.0 Å². The third-order valence-corrected chi connectivity index (χ3v) is 5.70. The van der Waals surface area contributed by atoms with Crippen LogP contribution in [0.15, 0.2) is 29.2 Å². The van der Waals surface area contributed by atoms with E-state index in [1.165, 1.54) is 29.7 Å². The highest BCUT2D eigenvalue weighted by Crippen LogP contribution is 2.37. The smallest absolute Gasteiger partial charge is 0.234 e. The Morgan fingerprint density at radius 1 is 1.26 bits per heavy atom. The number of carbonyl (C=O) groups is 1. The summed E-state index contributed by atoms with van der Waals surface area (Å²) < 4.78 is 0. The lowest BCUT2D eigenvalue weighted by Crippen LogP contribution is -2.44. The summed E-state index contributed by atoms with van der Waals surface area (Å²) in [6.07, 6.45) is 5.86. The minimum atomic E-state index is 0.0755. The summed E-state index contributed by atoms with van der Waals surface area (Å²) in [5.74, 6) is 0.867. The molecule has 3 atom stereocenters. The van der Waals surface area contributed by atoms with Crippen LogP contribution in [-0.2, 0) is 11.2 Å². The molecule has 3 rings (SSSR count). The zero-order chi connectivity index (χ0) is 13.2. The fraction of sp³-hybridized carbons (Fsp3) is 0.562. The molecule has 3 heteroatoms. The molecule has 0 radical (unpaired) electrons. The van der Waals surface area contributed by atoms with Crippen LogP contribution in [0.25, 0.3) is 0 Å². The average Bonchev–Trinajstić information content (AvgIpc) is 2.85. The van der Waals surface area contributed by atoms with Gasteiger partial charge in [-0.25, -0.2) is 0 Å². The molecule has 0 spiro atoms. The van der Waals surface area contributed by atoms with E-state index in [0.717, 1.165) is 12.8 Å². The number of amides is 1. The van der Waals surface area contributed by atoms with Crippen LogP contribution in [0.5, 0.6) is 0 Å². The predicted molar refractivity (Wildman–Crippen MR) is 79.4 cm³/mol. The van der Waals surface area contributed by atoms with Crippen LogP contribution < -0.4 is 5.32 Å². The quantitative estimate of drug-likeness (QED) is 0.896. The lowest BCUT2D eigenvalue weighted by Gasteiger charge is -2.30. The van der Waals surface area contributed by atoms with Gasteiger partial charge < -0.3 is 5.32 Å². The molecule has 1 aromatic rings. The van der Waals surface area contributed by atoms with E-state index in [4.69, 9.17) is 0 Å². The molecule has 0 saturated heterocycles. The summed E-state index contributed by atoms with van der Waals surface area (Å²) in [5.41, 5.74) is 1.32. The van der Waals surface area contributed by atoms with E-state index in [9.17, 15) is 4.79 Å². The number of fused-ring (bicyclic) bond motifs is 1. The van der Waals surface area contributed by atoms with Crippen molar-refractivity contribution in [3.8, 4) is 0 Å². The van der Waals surface area contributed by atoms with Gasteiger partial charge in [-0.3, -0.25) is 4.79 Å². The standard InChI is InChI=1S/C16H21NOS/c1-11-6-2-4-8-13(11)17-16(18)15-10-12-7-3-5-9-14(12)19-15/h3,5,7,9,11,13,15H,2,4,6,8,10H2,1H3,(H,17,18). The summed E-state index contributed by atoms with van der Waals surface area (Å²) in [5, 5.41) is 3.36. The van der Waals surface area contributed by atoms with Crippen LogP contribution in [0.3, 0.4) is 0 Å². The Hall–Kier alpha value is -0.960. The third-order valence-electron chi connectivity index (χ3n) is 4.38. The SMILES string of the molecule is CC1CCCCC1NC(=O)C1Cc2ccccc2S1. The Morgan fingerprint density at radius 3 is 2.84 bits per heavy atom. The molecule has 0 bridgehead atoms. The molecule has 102 valence electrons. The minimum Gasteiger partial charge on any atom is -0.352 e. The van der Waals surface area contributed by atoms with Crippen LogP contribution >= 0.6 is 11.8 Å². The van der Waals surface area contributed by atoms with Crippen molar-refractivity contribution in [2.75, 3.05) is 0 Å². The minimum absolute atomic E-state index is 0.0755. The van der Waals surface area contributed by atoms with Gasteiger partial charge >= 0.3 is 0 Å². The van der Waals surface area contributed by atoms with Gasteiger partial charge in [-0.05, 0) is 36.8 Å². The molecule has 3 unspecified atom stereocenters. The highest BCUT2D eigenvalue weighted by atomic mass is 32.2. The molecule has 1 heterocycles. The summed E-state index contributed by atoms with van der Waals surface area (Å²) in [6.45, 7) is 2.26. The molecule has 1 amide bonds. The molecular formula is C16H21NOS. The number of thioether (sulfide) groups is 1. The summed E-state index contributed by atoms with van der Waals surface area (Å²) in [7, 11) is 0. The molecular weight excluding hydrogens is 254 g/mol. The van der Waals surface area contributed by atoms with Crippen LogP contribution in [-0.4, -0.2) is 17.2 Å². The number of rotatable bonds is 2. The van der Waals surface area contributed by atoms with Crippen molar-refractivity contribution in [1.82, 2.24) is 5.32 Å². The first kappa shape index (κ1) is 13.0. The number of carbonyl (C=O) groups excluding carboxylic acids is 1. The number of hydrogen-bond donors (Lipinski definition) is 1. The normalized spacial score (nSPS) is 29.8. The van der Waals surface area contributed by atoms with Gasteiger partial charge in [0.2, 0.25) is 5.91 Å². The zero-order valence-corrected chi connectivity index (χ0v) is 12.2. The van der Waals surface area contributed by atoms with Gasteiger partial charge in [-0.1, -0.05) is 38.0 Å². The van der Waals surface area contributed by atoms with Crippen LogP contribution in [0.2, 0.25) is 0 Å². The second-order valence-electron chi connectivity index (χ2n) is 5.80. The Bertz CT molecular complexity index is 449. The van der Waals surface area contributed by atoms with Crippen LogP contribution in [0, 0.1) is 5.92 Å². The fourth-order valence-corrected chi connectivity index (χ4v) is 4.34. The van der Waals surface area contributed by atoms with E-state index < -0.39 is 0 Å². The predicted octanol–water partition coefficient (Wildman–Crippen LogP) is 3.40. The monoisotopic (exact) mass is 275 g/mol. The molecule has 1 aromatic carbocycles. The molecule has 2 aliphatic rings. The lowest BCUT2D eigenvalue weighted by molar-refractivity contribution is -0.121. The van der Waals surface area contributed by atoms with Crippen molar-refractivity contribution in [2.24, 2.45) is 5.92 Å². The number of benzene rings is 1. The van der Waals surface area contributed by atoms with E-state index in [-0.39, 0.29) is 11.2 Å². The van der Waals surface area contributed by atoms with Crippen molar-refractivity contribution >= 4 is 17.7 Å². The van der Waals surface area contributed by atoms with Gasteiger partial charge in [0, 0.05) is 10.9 Å². The third kappa shape index (κ3) is 2.81. The van der Waals surface area contributed by atoms with Gasteiger partial charge in [0.15, 0.2) is 0 Å². The second kappa shape index (κ2) is 5.58. The first-order chi connectivity index (χ1) is 9.24. The Kier molecular flexibility index (Phi) is 3.83. The second-order valence-corrected chi connectivity index (χ2v) is 7.04. The first-order valence-electron chi connectivity index (χ1n) is 7.29. The highest BCUT2D eigenvalue weighted by Gasteiger charge is 2.31. The Morgan fingerprint density at radius 2 is 2.05 bits per heavy atom. The van der Waals surface area contributed by atoms with Crippen molar-refractivity contribution in [3.05, 3.63) is 29.8 Å². The zero-order valence-electron chi connectivity index (χ0n) is 11.4. The van der Waals surface area contributed by atoms with Gasteiger partial charge in [0.25, 0.3) is 0 Å². The molecule has 19 heavy (non-hydrogen) atoms. The largest absolute Gasteiger partial charge is 0.352 e. The fourth-order valence-electron chi connectivity index (χ4n) is 3.13. The average molecular weight is 275 g/mol. The lowest BCUT2D eigenvalue weighted by atomic mass is 9.86. The maximum atomic E-state index is 12.4. The van der Waals surface area contributed by atoms with Crippen LogP contribution in [0.4, 0.5) is 0 Å². The van der Waals surface area contributed by atoms with Crippen molar-refractivity contribution in [3.63, 3.8) is 0 Å². The Balaban J connectivity index is 1.60. The van der Waals surface area contributed by atoms with E-state index in [1.54, 1.807) is 11.8 Å². The molecule has 1 saturated carbocycles. The van der Waals surface area contributed by atoms with Gasteiger partial charge in [0.1, 0.15) is 0 Å². The molecule has 0 aromatic heterocycles. The number of hydrogen-bond acceptors (Lipinski definition) is 2. The summed E-state index contributed by atoms with van der Waals surface area (Å²) in [6, 6.07) is 8.76. The van der Waals surface area contributed by atoms with E-state index in [1.807, 2.05) is 0 Å². The van der Waals surface area contributed by atoms with Gasteiger partial charge in [0.05, 0.1) is 5.25 Å². The van der Waals surface area contributed by atoms with Gasteiger partial charge in [-0.15, -0.1) is 11.8 Å². The summed E-state index contributed by atoms with van der Waals surface area (Å²) in [4.78, 5) is 13.7. The first-order valence-corrected chi connectivity index (χ1v) is 8.17. The van der Waals surface area contributed by atoms with Crippen LogP contribution in [0.1, 0.15) is 38.2 Å². The topological polar surface area (TPSA) is 29.1 Å². The molecule has 1 N–H and O–H groups in total. The van der Waals surface area contributed by atoms with Crippen molar-refractivity contribution in [2.45, 2.75) is 55.2 Å². The molecule has 1 aliphatic heterocycles. The Labute approximate surface area is 119 Å². The summed E-state index contributed by atoms with van der Waals surface area (Å²) >= 11 is 1.72. The highest BCUT2D eigenvalue weighted by molar-refractivity contribution is 8.01. The van der Waals surface area contributed by atoms with E-state index in [2.05, 4.69) is 36.5 Å². The van der Waals surface area contributed by atoms with E-state index >= 15 is 0 Å². The van der Waals surface area contributed by atoms with Crippen molar-refractivity contribution < 1.29 is 4.79 Å². The molecule has 1 aliphatic carbocycles. The molecule has 1 fully saturated rings. The number of nitrogens with one attached hydrogen (secondary N) is 1. The molecule has 2 nitrogen and oxygen atoms in total. The maximum absolute atomic E-state index is 12.4. The van der Waals surface area contributed by atoms with Gasteiger partial charge in [-0.2, -0.15) is 0 Å². The van der Waals surface area contributed by atoms with Crippen molar-refractivity contribution in [1.29, 1.82) is 0 Å².